The van der Waals surface area contributed by atoms with Gasteiger partial charge in [-0.2, -0.15) is 0 Å². The molecule has 0 unspecified atom stereocenters. The Morgan fingerprint density at radius 1 is 1.23 bits per heavy atom. The Bertz CT molecular complexity index is 1180. The number of benzene rings is 1. The van der Waals surface area contributed by atoms with Crippen LogP contribution in [-0.2, 0) is 9.59 Å². The fourth-order valence-electron chi connectivity index (χ4n) is 6.41. The summed E-state index contributed by atoms with van der Waals surface area (Å²) in [6.07, 6.45) is 0.815. The summed E-state index contributed by atoms with van der Waals surface area (Å²) in [7, 11) is 0. The molecule has 3 fully saturated rings. The summed E-state index contributed by atoms with van der Waals surface area (Å²) in [4.78, 5) is 41.6. The van der Waals surface area contributed by atoms with Crippen LogP contribution in [0.15, 0.2) is 28.0 Å². The van der Waals surface area contributed by atoms with Crippen LogP contribution in [0, 0.1) is 29.6 Å². The average Bonchev–Trinajstić information content (AvgIpc) is 3.46. The number of hydrazine groups is 1. The van der Waals surface area contributed by atoms with Gasteiger partial charge in [0.15, 0.2) is 11.5 Å². The molecule has 3 heterocycles. The highest BCUT2D eigenvalue weighted by atomic mass is 32.2. The Kier molecular flexibility index (Phi) is 4.13. The molecule has 7 atom stereocenters. The highest BCUT2D eigenvalue weighted by Gasteiger charge is 2.69. The second-order valence-electron chi connectivity index (χ2n) is 8.67. The van der Waals surface area contributed by atoms with Gasteiger partial charge in [0, 0.05) is 16.0 Å². The van der Waals surface area contributed by atoms with Crippen LogP contribution < -0.4 is 15.5 Å². The third-order valence-corrected chi connectivity index (χ3v) is 9.99. The van der Waals surface area contributed by atoms with E-state index >= 15 is 0 Å². The lowest BCUT2D eigenvalue weighted by molar-refractivity contribution is -0.141. The number of aromatic amines is 1. The van der Waals surface area contributed by atoms with E-state index in [-0.39, 0.29) is 63.2 Å². The maximum absolute atomic E-state index is 12.8. The lowest BCUT2D eigenvalue weighted by Crippen LogP contribution is -2.42. The molecule has 8 nitrogen and oxygen atoms in total. The number of imide groups is 1. The smallest absolute Gasteiger partial charge is 0.305 e. The fraction of sp³-hybridized carbons (Fsp3) is 0.476. The highest BCUT2D eigenvalue weighted by molar-refractivity contribution is 8.00. The number of hydrogen-bond donors (Lipinski definition) is 3. The number of rotatable bonds is 3. The predicted molar refractivity (Wildman–Crippen MR) is 114 cm³/mol. The maximum Gasteiger partial charge on any atom is 0.305 e. The number of nitrogens with zero attached hydrogens (tertiary/aromatic N) is 1. The number of thiazole rings is 1. The van der Waals surface area contributed by atoms with Crippen molar-refractivity contribution < 1.29 is 19.4 Å². The van der Waals surface area contributed by atoms with Gasteiger partial charge in [0.25, 0.3) is 0 Å². The first-order chi connectivity index (χ1) is 14.9. The van der Waals surface area contributed by atoms with Crippen molar-refractivity contribution in [1.82, 2.24) is 9.99 Å². The van der Waals surface area contributed by atoms with Crippen molar-refractivity contribution in [2.24, 2.45) is 35.4 Å². The minimum Gasteiger partial charge on any atom is -0.504 e. The van der Waals surface area contributed by atoms with Gasteiger partial charge >= 0.3 is 4.87 Å². The summed E-state index contributed by atoms with van der Waals surface area (Å²) < 4.78 is 5.61. The zero-order valence-electron chi connectivity index (χ0n) is 16.6. The first kappa shape index (κ1) is 19.4. The number of carbonyl (C=O) groups is 2. The van der Waals surface area contributed by atoms with E-state index in [4.69, 9.17) is 10.6 Å². The number of ether oxygens (including phenoxy) is 1. The Morgan fingerprint density at radius 2 is 1.97 bits per heavy atom. The predicted octanol–water partition coefficient (Wildman–Crippen LogP) is 1.89. The lowest BCUT2D eigenvalue weighted by atomic mass is 9.68. The number of aromatic nitrogens is 1. The molecule has 31 heavy (non-hydrogen) atoms. The Hall–Kier alpha value is -2.30. The van der Waals surface area contributed by atoms with Gasteiger partial charge < -0.3 is 14.8 Å². The SMILES string of the molecule is CCOc1cc([C@H]2c3sc(=O)[nH]c3S[C@H]3[C@@H]4C[C@@H]([C@H]5C(=O)N(N)C(=O)[C@H]45)[C@@H]23)ccc1O. The Morgan fingerprint density at radius 3 is 2.71 bits per heavy atom. The fourth-order valence-corrected chi connectivity index (χ4v) is 9.30. The number of H-pyrrole nitrogens is 1. The van der Waals surface area contributed by atoms with Crippen LogP contribution in [0.25, 0.3) is 0 Å². The molecule has 2 aromatic rings. The molecule has 4 N–H and O–H groups in total. The Labute approximate surface area is 185 Å². The molecule has 1 saturated heterocycles. The van der Waals surface area contributed by atoms with Crippen LogP contribution in [0.3, 0.4) is 0 Å². The molecular formula is C21H21N3O5S2. The summed E-state index contributed by atoms with van der Waals surface area (Å²) in [5, 5.41) is 12.0. The van der Waals surface area contributed by atoms with E-state index in [1.165, 1.54) is 11.3 Å². The van der Waals surface area contributed by atoms with Gasteiger partial charge in [0.2, 0.25) is 11.8 Å². The second kappa shape index (κ2) is 6.60. The van der Waals surface area contributed by atoms with E-state index in [1.807, 2.05) is 19.1 Å². The second-order valence-corrected chi connectivity index (χ2v) is 10.9. The van der Waals surface area contributed by atoms with E-state index < -0.39 is 0 Å². The average molecular weight is 460 g/mol. The molecule has 1 aromatic heterocycles. The van der Waals surface area contributed by atoms with Gasteiger partial charge in [0.1, 0.15) is 0 Å². The first-order valence-electron chi connectivity index (χ1n) is 10.4. The van der Waals surface area contributed by atoms with Gasteiger partial charge in [-0.05, 0) is 48.8 Å². The summed E-state index contributed by atoms with van der Waals surface area (Å²) in [6, 6.07) is 5.32. The minimum absolute atomic E-state index is 0.0252. The standard InChI is InChI=1S/C21H21N3O5S2/c1-2-29-11-5-7(3-4-10(11)25)12-13-8-6-9(15-14(8)19(26)24(22)20(15)27)16(13)30-18-17(12)31-21(28)23-18/h3-5,8-9,12-16,25H,2,6,22H2,1H3,(H,23,28)/t8-,9-,12-,13+,14-,15-,16+/m1/s1. The molecule has 2 bridgehead atoms. The highest BCUT2D eigenvalue weighted by Crippen LogP contribution is 2.68. The third kappa shape index (κ3) is 2.49. The largest absolute Gasteiger partial charge is 0.504 e. The number of hydrogen-bond acceptors (Lipinski definition) is 8. The van der Waals surface area contributed by atoms with Crippen LogP contribution in [0.2, 0.25) is 0 Å². The molecule has 10 heteroatoms. The third-order valence-electron chi connectivity index (χ3n) is 7.40. The van der Waals surface area contributed by atoms with Gasteiger partial charge in [-0.1, -0.05) is 17.4 Å². The van der Waals surface area contributed by atoms with Crippen LogP contribution in [0.1, 0.15) is 29.7 Å². The van der Waals surface area contributed by atoms with Gasteiger partial charge in [-0.15, -0.1) is 11.8 Å². The van der Waals surface area contributed by atoms with Crippen molar-refractivity contribution in [3.05, 3.63) is 38.3 Å². The molecule has 4 aliphatic rings. The summed E-state index contributed by atoms with van der Waals surface area (Å²) in [5.41, 5.74) is 0.943. The number of aromatic hydroxyl groups is 1. The quantitative estimate of drug-likeness (QED) is 0.363. The first-order valence-corrected chi connectivity index (χ1v) is 12.1. The van der Waals surface area contributed by atoms with E-state index in [0.29, 0.717) is 12.4 Å². The molecule has 2 aliphatic heterocycles. The number of carbonyl (C=O) groups excluding carboxylic acids is 2. The zero-order chi connectivity index (χ0) is 21.6. The van der Waals surface area contributed by atoms with Crippen molar-refractivity contribution in [2.75, 3.05) is 6.61 Å². The number of fused-ring (bicyclic) bond motifs is 9. The molecule has 0 spiro atoms. The van der Waals surface area contributed by atoms with Crippen LogP contribution in [0.5, 0.6) is 11.5 Å². The van der Waals surface area contributed by atoms with Crippen molar-refractivity contribution >= 4 is 34.9 Å². The minimum atomic E-state index is -0.382. The molecular weight excluding hydrogens is 438 g/mol. The van der Waals surface area contributed by atoms with Crippen LogP contribution >= 0.6 is 23.1 Å². The number of nitrogens with two attached hydrogens (primary N) is 1. The monoisotopic (exact) mass is 459 g/mol. The van der Waals surface area contributed by atoms with E-state index in [0.717, 1.165) is 26.9 Å². The molecule has 2 amide bonds. The van der Waals surface area contributed by atoms with Gasteiger partial charge in [-0.3, -0.25) is 14.4 Å². The van der Waals surface area contributed by atoms with Crippen LogP contribution in [0.4, 0.5) is 0 Å². The maximum atomic E-state index is 12.8. The number of nitrogens with one attached hydrogen (secondary N) is 1. The number of phenolic OH excluding ortho intramolecular Hbond substituents is 1. The van der Waals surface area contributed by atoms with Gasteiger partial charge in [0.05, 0.1) is 23.5 Å². The normalized spacial score (nSPS) is 35.3. The van der Waals surface area contributed by atoms with Crippen molar-refractivity contribution in [2.45, 2.75) is 29.5 Å². The molecule has 0 radical (unpaired) electrons. The van der Waals surface area contributed by atoms with Crippen molar-refractivity contribution in [3.63, 3.8) is 0 Å². The molecule has 162 valence electrons. The molecule has 1 aromatic carbocycles. The van der Waals surface area contributed by atoms with Crippen molar-refractivity contribution in [1.29, 1.82) is 0 Å². The number of phenols is 1. The number of amides is 2. The van der Waals surface area contributed by atoms with E-state index in [9.17, 15) is 19.5 Å². The topological polar surface area (TPSA) is 126 Å². The van der Waals surface area contributed by atoms with E-state index in [2.05, 4.69) is 4.98 Å². The summed E-state index contributed by atoms with van der Waals surface area (Å²) in [6.45, 7) is 2.27. The van der Waals surface area contributed by atoms with Crippen molar-refractivity contribution in [3.8, 4) is 11.5 Å². The molecule has 2 saturated carbocycles. The van der Waals surface area contributed by atoms with Gasteiger partial charge in [-0.25, -0.2) is 10.9 Å². The lowest BCUT2D eigenvalue weighted by Gasteiger charge is -2.43. The molecule has 2 aliphatic carbocycles. The number of thioether (sulfide) groups is 1. The molecule has 6 rings (SSSR count). The summed E-state index contributed by atoms with van der Waals surface area (Å²) in [5.74, 6) is 5.03. The van der Waals surface area contributed by atoms with Crippen LogP contribution in [-0.4, -0.2) is 38.8 Å². The van der Waals surface area contributed by atoms with E-state index in [1.54, 1.807) is 17.8 Å². The zero-order valence-corrected chi connectivity index (χ0v) is 18.2. The Balaban J connectivity index is 1.50. The summed E-state index contributed by atoms with van der Waals surface area (Å²) >= 11 is 2.83.